The molecule has 1 saturated heterocycles. The Kier molecular flexibility index (Phi) is 4.98. The lowest BCUT2D eigenvalue weighted by Crippen LogP contribution is -2.48. The Labute approximate surface area is 122 Å². The van der Waals surface area contributed by atoms with E-state index < -0.39 is 6.10 Å². The van der Waals surface area contributed by atoms with Gasteiger partial charge >= 0.3 is 0 Å². The van der Waals surface area contributed by atoms with Crippen LogP contribution in [0.4, 0.5) is 5.69 Å². The Morgan fingerprint density at radius 1 is 1.45 bits per heavy atom. The fraction of sp³-hybridized carbons (Fsp3) is 0.429. The van der Waals surface area contributed by atoms with Crippen LogP contribution in [0.25, 0.3) is 0 Å². The van der Waals surface area contributed by atoms with E-state index in [1.165, 1.54) is 0 Å². The topological polar surface area (TPSA) is 58.6 Å². The number of carbonyl (C=O) groups excluding carboxylic acids is 2. The third-order valence-electron chi connectivity index (χ3n) is 3.15. The molecule has 2 rings (SSSR count). The molecule has 0 saturated carbocycles. The summed E-state index contributed by atoms with van der Waals surface area (Å²) in [5, 5.41) is 3.33. The Morgan fingerprint density at radius 3 is 2.80 bits per heavy atom. The average molecular weight is 297 g/mol. The van der Waals surface area contributed by atoms with Crippen molar-refractivity contribution in [3.63, 3.8) is 0 Å². The number of halogens is 1. The highest BCUT2D eigenvalue weighted by Gasteiger charge is 2.30. The minimum atomic E-state index is -0.684. The summed E-state index contributed by atoms with van der Waals surface area (Å²) < 4.78 is 5.38. The van der Waals surface area contributed by atoms with Gasteiger partial charge in [0.25, 0.3) is 5.91 Å². The molecule has 0 unspecified atom stereocenters. The summed E-state index contributed by atoms with van der Waals surface area (Å²) in [6.07, 6.45) is -0.659. The number of hydrogen-bond donors (Lipinski definition) is 1. The van der Waals surface area contributed by atoms with Crippen LogP contribution >= 0.6 is 11.6 Å². The molecule has 0 radical (unpaired) electrons. The SMILES string of the molecule is CCN1CCO[C@H](CC(=O)Nc2ccc(Cl)cc2)C1=O. The van der Waals surface area contributed by atoms with E-state index in [0.29, 0.717) is 30.4 Å². The normalized spacial score (nSPS) is 19.0. The molecular weight excluding hydrogens is 280 g/mol. The first-order valence-electron chi connectivity index (χ1n) is 6.56. The number of benzene rings is 1. The van der Waals surface area contributed by atoms with Crippen molar-refractivity contribution in [2.24, 2.45) is 0 Å². The first-order valence-corrected chi connectivity index (χ1v) is 6.93. The van der Waals surface area contributed by atoms with Gasteiger partial charge in [-0.2, -0.15) is 0 Å². The highest BCUT2D eigenvalue weighted by atomic mass is 35.5. The summed E-state index contributed by atoms with van der Waals surface area (Å²) in [5.41, 5.74) is 0.648. The molecule has 2 amide bonds. The summed E-state index contributed by atoms with van der Waals surface area (Å²) in [7, 11) is 0. The van der Waals surface area contributed by atoms with Gasteiger partial charge in [-0.3, -0.25) is 9.59 Å². The number of hydrogen-bond acceptors (Lipinski definition) is 3. The zero-order valence-electron chi connectivity index (χ0n) is 11.3. The maximum atomic E-state index is 12.0. The zero-order valence-corrected chi connectivity index (χ0v) is 12.0. The van der Waals surface area contributed by atoms with Gasteiger partial charge in [0.2, 0.25) is 5.91 Å². The van der Waals surface area contributed by atoms with E-state index in [4.69, 9.17) is 16.3 Å². The monoisotopic (exact) mass is 296 g/mol. The average Bonchev–Trinajstić information content (AvgIpc) is 2.44. The molecule has 5 nitrogen and oxygen atoms in total. The predicted molar refractivity (Wildman–Crippen MR) is 76.7 cm³/mol. The lowest BCUT2D eigenvalue weighted by Gasteiger charge is -2.31. The van der Waals surface area contributed by atoms with E-state index in [-0.39, 0.29) is 18.2 Å². The molecule has 6 heteroatoms. The first kappa shape index (κ1) is 14.8. The molecule has 20 heavy (non-hydrogen) atoms. The van der Waals surface area contributed by atoms with Gasteiger partial charge in [-0.25, -0.2) is 0 Å². The number of nitrogens with one attached hydrogen (secondary N) is 1. The molecule has 1 heterocycles. The quantitative estimate of drug-likeness (QED) is 0.923. The van der Waals surface area contributed by atoms with Gasteiger partial charge in [-0.15, -0.1) is 0 Å². The summed E-state index contributed by atoms with van der Waals surface area (Å²) in [6.45, 7) is 3.61. The smallest absolute Gasteiger partial charge is 0.252 e. The van der Waals surface area contributed by atoms with E-state index in [2.05, 4.69) is 5.32 Å². The lowest BCUT2D eigenvalue weighted by molar-refractivity contribution is -0.154. The fourth-order valence-corrected chi connectivity index (χ4v) is 2.19. The number of nitrogens with zero attached hydrogens (tertiary/aromatic N) is 1. The standard InChI is InChI=1S/C14H17ClN2O3/c1-2-17-7-8-20-12(14(17)19)9-13(18)16-11-5-3-10(15)4-6-11/h3-6,12H,2,7-9H2,1H3,(H,16,18)/t12-/m1/s1. The number of rotatable bonds is 4. The number of anilines is 1. The molecule has 108 valence electrons. The van der Waals surface area contributed by atoms with Gasteiger partial charge < -0.3 is 15.0 Å². The molecule has 1 aromatic rings. The number of ether oxygens (including phenoxy) is 1. The molecule has 0 bridgehead atoms. The maximum absolute atomic E-state index is 12.0. The van der Waals surface area contributed by atoms with Crippen LogP contribution in [-0.4, -0.2) is 42.5 Å². The van der Waals surface area contributed by atoms with Gasteiger partial charge in [-0.1, -0.05) is 11.6 Å². The lowest BCUT2D eigenvalue weighted by atomic mass is 10.1. The van der Waals surface area contributed by atoms with Crippen molar-refractivity contribution in [3.8, 4) is 0 Å². The van der Waals surface area contributed by atoms with Crippen LogP contribution in [0.3, 0.4) is 0 Å². The van der Waals surface area contributed by atoms with Crippen LogP contribution in [0.15, 0.2) is 24.3 Å². The third kappa shape index (κ3) is 3.71. The van der Waals surface area contributed by atoms with Crippen LogP contribution in [0.1, 0.15) is 13.3 Å². The summed E-state index contributed by atoms with van der Waals surface area (Å²) in [4.78, 5) is 25.6. The highest BCUT2D eigenvalue weighted by Crippen LogP contribution is 2.15. The largest absolute Gasteiger partial charge is 0.366 e. The minimum Gasteiger partial charge on any atom is -0.366 e. The number of carbonyl (C=O) groups is 2. The first-order chi connectivity index (χ1) is 9.60. The van der Waals surface area contributed by atoms with Crippen molar-refractivity contribution < 1.29 is 14.3 Å². The molecule has 1 aliphatic rings. The highest BCUT2D eigenvalue weighted by molar-refractivity contribution is 6.30. The van der Waals surface area contributed by atoms with E-state index in [1.54, 1.807) is 29.2 Å². The van der Waals surface area contributed by atoms with Crippen molar-refractivity contribution in [2.75, 3.05) is 25.0 Å². The van der Waals surface area contributed by atoms with E-state index in [1.807, 2.05) is 6.92 Å². The Hall–Kier alpha value is -1.59. The summed E-state index contributed by atoms with van der Waals surface area (Å²) in [5.74, 6) is -0.367. The van der Waals surface area contributed by atoms with E-state index >= 15 is 0 Å². The summed E-state index contributed by atoms with van der Waals surface area (Å²) in [6, 6.07) is 6.81. The second kappa shape index (κ2) is 6.72. The Morgan fingerprint density at radius 2 is 2.15 bits per heavy atom. The zero-order chi connectivity index (χ0) is 14.5. The second-order valence-corrected chi connectivity index (χ2v) is 4.97. The van der Waals surface area contributed by atoms with Crippen molar-refractivity contribution in [2.45, 2.75) is 19.4 Å². The number of likely N-dealkylation sites (N-methyl/N-ethyl adjacent to an activating group) is 1. The van der Waals surface area contributed by atoms with E-state index in [0.717, 1.165) is 0 Å². The van der Waals surface area contributed by atoms with Crippen LogP contribution in [-0.2, 0) is 14.3 Å². The molecule has 0 spiro atoms. The minimum absolute atomic E-state index is 0.0258. The van der Waals surface area contributed by atoms with E-state index in [9.17, 15) is 9.59 Å². The van der Waals surface area contributed by atoms with Crippen molar-refractivity contribution in [3.05, 3.63) is 29.3 Å². The van der Waals surface area contributed by atoms with Crippen molar-refractivity contribution in [1.29, 1.82) is 0 Å². The van der Waals surface area contributed by atoms with Gasteiger partial charge in [0.1, 0.15) is 6.10 Å². The van der Waals surface area contributed by atoms with Crippen molar-refractivity contribution >= 4 is 29.1 Å². The van der Waals surface area contributed by atoms with Gasteiger partial charge in [0.15, 0.2) is 0 Å². The van der Waals surface area contributed by atoms with Crippen molar-refractivity contribution in [1.82, 2.24) is 4.90 Å². The number of amides is 2. The molecule has 0 aliphatic carbocycles. The Balaban J connectivity index is 1.90. The number of morpholine rings is 1. The van der Waals surface area contributed by atoms with Crippen LogP contribution in [0.2, 0.25) is 5.02 Å². The molecule has 0 aromatic heterocycles. The Bertz CT molecular complexity index is 490. The van der Waals surface area contributed by atoms with Crippen LogP contribution < -0.4 is 5.32 Å². The molecule has 1 aliphatic heterocycles. The second-order valence-electron chi connectivity index (χ2n) is 4.54. The predicted octanol–water partition coefficient (Wildman–Crippen LogP) is 1.92. The molecule has 1 aromatic carbocycles. The van der Waals surface area contributed by atoms with Crippen LogP contribution in [0.5, 0.6) is 0 Å². The van der Waals surface area contributed by atoms with Crippen LogP contribution in [0, 0.1) is 0 Å². The molecule has 1 atom stereocenters. The molecular formula is C14H17ClN2O3. The molecule has 1 N–H and O–H groups in total. The van der Waals surface area contributed by atoms with Gasteiger partial charge in [0.05, 0.1) is 13.0 Å². The summed E-state index contributed by atoms with van der Waals surface area (Å²) >= 11 is 5.77. The van der Waals surface area contributed by atoms with Gasteiger partial charge in [0, 0.05) is 23.8 Å². The fourth-order valence-electron chi connectivity index (χ4n) is 2.06. The maximum Gasteiger partial charge on any atom is 0.252 e. The third-order valence-corrected chi connectivity index (χ3v) is 3.40. The van der Waals surface area contributed by atoms with Gasteiger partial charge in [-0.05, 0) is 31.2 Å². The molecule has 1 fully saturated rings.